The third-order valence-electron chi connectivity index (χ3n) is 2.76. The summed E-state index contributed by atoms with van der Waals surface area (Å²) in [5, 5.41) is 4.17. The molecule has 100 valence electrons. The van der Waals surface area contributed by atoms with Gasteiger partial charge in [0.1, 0.15) is 5.82 Å². The number of hydrogen-bond donors (Lipinski definition) is 1. The Kier molecular flexibility index (Phi) is 3.12. The summed E-state index contributed by atoms with van der Waals surface area (Å²) < 4.78 is 18.8. The first kappa shape index (κ1) is 12.6. The smallest absolute Gasteiger partial charge is 0.259 e. The molecule has 0 unspecified atom stereocenters. The molecule has 1 heterocycles. The summed E-state index contributed by atoms with van der Waals surface area (Å²) in [6.45, 7) is 0. The van der Waals surface area contributed by atoms with Crippen molar-refractivity contribution < 1.29 is 8.91 Å². The van der Waals surface area contributed by atoms with Crippen LogP contribution in [0.2, 0.25) is 5.02 Å². The fourth-order valence-corrected chi connectivity index (χ4v) is 2.06. The molecule has 2 N–H and O–H groups in total. The predicted molar refractivity (Wildman–Crippen MR) is 74.6 cm³/mol. The summed E-state index contributed by atoms with van der Waals surface area (Å²) in [6, 6.07) is 11.1. The number of nitrogens with two attached hydrogens (primary N) is 1. The number of hydrogen-bond acceptors (Lipinski definition) is 4. The lowest BCUT2D eigenvalue weighted by Gasteiger charge is -1.99. The number of aromatic nitrogens is 2. The van der Waals surface area contributed by atoms with Crippen LogP contribution in [0, 0.1) is 5.82 Å². The van der Waals surface area contributed by atoms with E-state index in [-0.39, 0.29) is 17.3 Å². The zero-order valence-corrected chi connectivity index (χ0v) is 10.9. The average molecular weight is 290 g/mol. The van der Waals surface area contributed by atoms with E-state index in [9.17, 15) is 4.39 Å². The number of nitrogen functional groups attached to an aromatic ring is 1. The largest absolute Gasteiger partial charge is 0.399 e. The van der Waals surface area contributed by atoms with Gasteiger partial charge < -0.3 is 10.3 Å². The second-order valence-electron chi connectivity index (χ2n) is 4.14. The van der Waals surface area contributed by atoms with Gasteiger partial charge in [-0.1, -0.05) is 28.9 Å². The molecule has 0 aliphatic heterocycles. The van der Waals surface area contributed by atoms with E-state index in [4.69, 9.17) is 21.9 Å². The SMILES string of the molecule is Nc1ccc(-c2nc(-c3ccccc3F)no2)c(Cl)c1. The van der Waals surface area contributed by atoms with Crippen LogP contribution in [-0.4, -0.2) is 10.1 Å². The van der Waals surface area contributed by atoms with Crippen molar-refractivity contribution in [2.24, 2.45) is 0 Å². The Hall–Kier alpha value is -2.40. The van der Waals surface area contributed by atoms with Gasteiger partial charge in [-0.2, -0.15) is 4.98 Å². The van der Waals surface area contributed by atoms with Crippen molar-refractivity contribution in [1.82, 2.24) is 10.1 Å². The highest BCUT2D eigenvalue weighted by atomic mass is 35.5. The molecule has 0 atom stereocenters. The Balaban J connectivity index is 2.04. The number of anilines is 1. The van der Waals surface area contributed by atoms with Gasteiger partial charge in [0.25, 0.3) is 5.89 Å². The zero-order valence-electron chi connectivity index (χ0n) is 10.2. The molecule has 3 rings (SSSR count). The Morgan fingerprint density at radius 1 is 1.10 bits per heavy atom. The average Bonchev–Trinajstić information content (AvgIpc) is 2.88. The van der Waals surface area contributed by atoms with Crippen molar-refractivity contribution in [2.75, 3.05) is 5.73 Å². The van der Waals surface area contributed by atoms with Crippen molar-refractivity contribution in [3.63, 3.8) is 0 Å². The van der Waals surface area contributed by atoms with Crippen LogP contribution >= 0.6 is 11.6 Å². The highest BCUT2D eigenvalue weighted by Gasteiger charge is 2.15. The minimum Gasteiger partial charge on any atom is -0.399 e. The molecule has 3 aromatic rings. The maximum absolute atomic E-state index is 13.7. The van der Waals surface area contributed by atoms with Gasteiger partial charge in [0.15, 0.2) is 0 Å². The normalized spacial score (nSPS) is 10.7. The lowest BCUT2D eigenvalue weighted by Crippen LogP contribution is -1.87. The van der Waals surface area contributed by atoms with E-state index < -0.39 is 5.82 Å². The van der Waals surface area contributed by atoms with E-state index in [0.717, 1.165) is 0 Å². The molecule has 0 bridgehead atoms. The third-order valence-corrected chi connectivity index (χ3v) is 3.08. The number of benzene rings is 2. The second kappa shape index (κ2) is 4.94. The molecule has 0 spiro atoms. The number of rotatable bonds is 2. The maximum atomic E-state index is 13.7. The van der Waals surface area contributed by atoms with Crippen molar-refractivity contribution in [3.8, 4) is 22.8 Å². The van der Waals surface area contributed by atoms with Crippen LogP contribution in [0.5, 0.6) is 0 Å². The first-order valence-corrected chi connectivity index (χ1v) is 6.17. The molecule has 0 aliphatic rings. The fraction of sp³-hybridized carbons (Fsp3) is 0. The van der Waals surface area contributed by atoms with E-state index in [0.29, 0.717) is 16.3 Å². The first-order valence-electron chi connectivity index (χ1n) is 5.79. The number of halogens is 2. The van der Waals surface area contributed by atoms with Crippen LogP contribution in [0.15, 0.2) is 47.0 Å². The van der Waals surface area contributed by atoms with E-state index in [1.54, 1.807) is 36.4 Å². The van der Waals surface area contributed by atoms with Gasteiger partial charge >= 0.3 is 0 Å². The van der Waals surface area contributed by atoms with Crippen LogP contribution in [0.3, 0.4) is 0 Å². The molecule has 2 aromatic carbocycles. The van der Waals surface area contributed by atoms with Crippen LogP contribution in [0.25, 0.3) is 22.8 Å². The first-order chi connectivity index (χ1) is 9.65. The van der Waals surface area contributed by atoms with E-state index in [2.05, 4.69) is 10.1 Å². The Labute approximate surface area is 119 Å². The molecular formula is C14H9ClFN3O. The van der Waals surface area contributed by atoms with Crippen molar-refractivity contribution in [2.45, 2.75) is 0 Å². The van der Waals surface area contributed by atoms with Gasteiger partial charge in [-0.15, -0.1) is 0 Å². The third kappa shape index (κ3) is 2.23. The van der Waals surface area contributed by atoms with E-state index in [1.165, 1.54) is 6.07 Å². The fourth-order valence-electron chi connectivity index (χ4n) is 1.79. The van der Waals surface area contributed by atoms with Crippen LogP contribution < -0.4 is 5.73 Å². The molecule has 0 aliphatic carbocycles. The van der Waals surface area contributed by atoms with Crippen LogP contribution in [0.1, 0.15) is 0 Å². The lowest BCUT2D eigenvalue weighted by atomic mass is 10.2. The predicted octanol–water partition coefficient (Wildman–Crippen LogP) is 3.78. The van der Waals surface area contributed by atoms with Crippen molar-refractivity contribution >= 4 is 17.3 Å². The van der Waals surface area contributed by atoms with E-state index in [1.807, 2.05) is 0 Å². The monoisotopic (exact) mass is 289 g/mol. The highest BCUT2D eigenvalue weighted by Crippen LogP contribution is 2.30. The summed E-state index contributed by atoms with van der Waals surface area (Å²) >= 11 is 6.07. The van der Waals surface area contributed by atoms with Crippen molar-refractivity contribution in [3.05, 3.63) is 53.3 Å². The molecule has 20 heavy (non-hydrogen) atoms. The molecule has 6 heteroatoms. The zero-order chi connectivity index (χ0) is 14.1. The Morgan fingerprint density at radius 2 is 1.90 bits per heavy atom. The van der Waals surface area contributed by atoms with Gasteiger partial charge in [0.2, 0.25) is 5.82 Å². The van der Waals surface area contributed by atoms with Gasteiger partial charge in [0.05, 0.1) is 16.1 Å². The van der Waals surface area contributed by atoms with Crippen LogP contribution in [-0.2, 0) is 0 Å². The van der Waals surface area contributed by atoms with Gasteiger partial charge in [-0.25, -0.2) is 4.39 Å². The molecule has 0 saturated carbocycles. The minimum absolute atomic E-state index is 0.172. The summed E-state index contributed by atoms with van der Waals surface area (Å²) in [7, 11) is 0. The molecular weight excluding hydrogens is 281 g/mol. The molecule has 0 saturated heterocycles. The van der Waals surface area contributed by atoms with Gasteiger partial charge in [-0.3, -0.25) is 0 Å². The number of nitrogens with zero attached hydrogens (tertiary/aromatic N) is 2. The molecule has 4 nitrogen and oxygen atoms in total. The highest BCUT2D eigenvalue weighted by molar-refractivity contribution is 6.33. The molecule has 0 amide bonds. The van der Waals surface area contributed by atoms with Gasteiger partial charge in [-0.05, 0) is 30.3 Å². The molecule has 1 aromatic heterocycles. The topological polar surface area (TPSA) is 64.9 Å². The molecule has 0 fully saturated rings. The summed E-state index contributed by atoms with van der Waals surface area (Å²) in [5.74, 6) is -0.0255. The Bertz CT molecular complexity index is 773. The van der Waals surface area contributed by atoms with E-state index >= 15 is 0 Å². The lowest BCUT2D eigenvalue weighted by molar-refractivity contribution is 0.432. The summed E-state index contributed by atoms with van der Waals surface area (Å²) in [4.78, 5) is 4.16. The van der Waals surface area contributed by atoms with Crippen molar-refractivity contribution in [1.29, 1.82) is 0 Å². The summed E-state index contributed by atoms with van der Waals surface area (Å²) in [6.07, 6.45) is 0. The van der Waals surface area contributed by atoms with Gasteiger partial charge in [0, 0.05) is 5.69 Å². The standard InChI is InChI=1S/C14H9ClFN3O/c15-11-7-8(17)5-6-9(11)14-18-13(19-20-14)10-3-1-2-4-12(10)16/h1-7H,17H2. The second-order valence-corrected chi connectivity index (χ2v) is 4.55. The van der Waals surface area contributed by atoms with Crippen LogP contribution in [0.4, 0.5) is 10.1 Å². The maximum Gasteiger partial charge on any atom is 0.259 e. The Morgan fingerprint density at radius 3 is 2.65 bits per heavy atom. The summed E-state index contributed by atoms with van der Waals surface area (Å²) in [5.41, 5.74) is 6.98. The minimum atomic E-state index is -0.414. The quantitative estimate of drug-likeness (QED) is 0.729. The molecule has 0 radical (unpaired) electrons.